The number of fused-ring (bicyclic) bond motifs is 1. The van der Waals surface area contributed by atoms with Crippen LogP contribution in [-0.4, -0.2) is 30.2 Å². The van der Waals surface area contributed by atoms with Crippen molar-refractivity contribution < 1.29 is 18.0 Å². The fourth-order valence-corrected chi connectivity index (χ4v) is 2.33. The highest BCUT2D eigenvalue weighted by molar-refractivity contribution is 5.87. The van der Waals surface area contributed by atoms with Crippen LogP contribution in [0.15, 0.2) is 29.5 Å². The number of anilines is 2. The van der Waals surface area contributed by atoms with Crippen LogP contribution < -0.4 is 16.6 Å². The van der Waals surface area contributed by atoms with Crippen molar-refractivity contribution >= 4 is 28.4 Å². The van der Waals surface area contributed by atoms with Gasteiger partial charge in [-0.15, -0.1) is 0 Å². The maximum atomic E-state index is 12.6. The summed E-state index contributed by atoms with van der Waals surface area (Å²) in [5.74, 6) is -0.544. The number of aromatic nitrogens is 5. The Labute approximate surface area is 143 Å². The van der Waals surface area contributed by atoms with E-state index in [0.29, 0.717) is 0 Å². The van der Waals surface area contributed by atoms with Gasteiger partial charge in [0.1, 0.15) is 17.8 Å². The zero-order valence-electron chi connectivity index (χ0n) is 13.3. The van der Waals surface area contributed by atoms with Crippen molar-refractivity contribution in [3.8, 4) is 0 Å². The molecule has 3 heterocycles. The first-order valence-electron chi connectivity index (χ1n) is 7.17. The molecule has 3 rings (SSSR count). The van der Waals surface area contributed by atoms with E-state index >= 15 is 0 Å². The molecule has 0 unspecified atom stereocenters. The van der Waals surface area contributed by atoms with Crippen LogP contribution in [0.2, 0.25) is 0 Å². The third-order valence-electron chi connectivity index (χ3n) is 3.45. The molecule has 0 aromatic carbocycles. The van der Waals surface area contributed by atoms with Crippen LogP contribution in [0, 0.1) is 0 Å². The minimum atomic E-state index is -4.54. The number of carbonyl (C=O) groups excluding carboxylic acids is 1. The lowest BCUT2D eigenvalue weighted by molar-refractivity contribution is -0.141. The Hall–Kier alpha value is -3.44. The Kier molecular flexibility index (Phi) is 4.10. The van der Waals surface area contributed by atoms with Gasteiger partial charge in [0.05, 0.1) is 18.2 Å². The molecule has 12 heteroatoms. The van der Waals surface area contributed by atoms with Crippen molar-refractivity contribution in [2.75, 3.05) is 5.32 Å². The van der Waals surface area contributed by atoms with E-state index in [9.17, 15) is 22.8 Å². The topological polar surface area (TPSA) is 121 Å². The highest BCUT2D eigenvalue weighted by Gasteiger charge is 2.32. The van der Waals surface area contributed by atoms with Crippen LogP contribution in [0.5, 0.6) is 0 Å². The van der Waals surface area contributed by atoms with Gasteiger partial charge in [-0.3, -0.25) is 18.8 Å². The van der Waals surface area contributed by atoms with Crippen LogP contribution in [0.25, 0.3) is 11.0 Å². The lowest BCUT2D eigenvalue weighted by Gasteiger charge is -2.07. The Morgan fingerprint density at radius 1 is 1.31 bits per heavy atom. The minimum Gasteiger partial charge on any atom is -0.368 e. The zero-order valence-corrected chi connectivity index (χ0v) is 13.3. The van der Waals surface area contributed by atoms with E-state index < -0.39 is 23.3 Å². The quantitative estimate of drug-likeness (QED) is 0.703. The normalized spacial score (nSPS) is 11.7. The van der Waals surface area contributed by atoms with Crippen LogP contribution >= 0.6 is 0 Å². The molecular weight excluding hydrogens is 355 g/mol. The lowest BCUT2D eigenvalue weighted by Crippen LogP contribution is -2.28. The fourth-order valence-electron chi connectivity index (χ4n) is 2.33. The molecule has 9 nitrogen and oxygen atoms in total. The second-order valence-corrected chi connectivity index (χ2v) is 5.37. The maximum absolute atomic E-state index is 12.6. The van der Waals surface area contributed by atoms with Gasteiger partial charge < -0.3 is 11.1 Å². The van der Waals surface area contributed by atoms with Crippen molar-refractivity contribution in [1.82, 2.24) is 24.3 Å². The van der Waals surface area contributed by atoms with E-state index in [1.165, 1.54) is 17.8 Å². The summed E-state index contributed by atoms with van der Waals surface area (Å²) in [5, 5.41) is 6.87. The average Bonchev–Trinajstić information content (AvgIpc) is 2.86. The molecule has 3 aromatic heterocycles. The van der Waals surface area contributed by atoms with Crippen LogP contribution in [0.4, 0.5) is 24.7 Å². The number of halogens is 3. The van der Waals surface area contributed by atoms with Gasteiger partial charge in [-0.25, -0.2) is 9.97 Å². The van der Waals surface area contributed by atoms with Gasteiger partial charge in [0.15, 0.2) is 11.3 Å². The fraction of sp³-hybridized carbons (Fsp3) is 0.214. The predicted molar refractivity (Wildman–Crippen MR) is 84.5 cm³/mol. The van der Waals surface area contributed by atoms with Gasteiger partial charge in [-0.05, 0) is 12.1 Å². The van der Waals surface area contributed by atoms with E-state index in [-0.39, 0.29) is 29.1 Å². The standard InChI is InChI=1S/C14H12F3N7O2/c1-23-11-10(20-6-24(13(11)26)5-9(18)25)12(22-23)21-7-2-3-8(19-4-7)14(15,16)17/h2-4,6H,5H2,1H3,(H2,18,25)(H,21,22). The third-order valence-corrected chi connectivity index (χ3v) is 3.45. The molecule has 0 aliphatic rings. The van der Waals surface area contributed by atoms with E-state index in [1.807, 2.05) is 0 Å². The van der Waals surface area contributed by atoms with Crippen molar-refractivity contribution in [3.05, 3.63) is 40.7 Å². The Morgan fingerprint density at radius 3 is 2.62 bits per heavy atom. The number of hydrogen-bond acceptors (Lipinski definition) is 6. The smallest absolute Gasteiger partial charge is 0.368 e. The molecule has 0 spiro atoms. The summed E-state index contributed by atoms with van der Waals surface area (Å²) in [5.41, 5.74) is 4.06. The predicted octanol–water partition coefficient (Wildman–Crippen LogP) is 0.773. The van der Waals surface area contributed by atoms with Gasteiger partial charge >= 0.3 is 6.18 Å². The molecule has 0 aliphatic heterocycles. The summed E-state index contributed by atoms with van der Waals surface area (Å²) < 4.78 is 39.9. The molecule has 1 amide bonds. The lowest BCUT2D eigenvalue weighted by atomic mass is 10.3. The highest BCUT2D eigenvalue weighted by Crippen LogP contribution is 2.28. The van der Waals surface area contributed by atoms with Crippen LogP contribution in [0.3, 0.4) is 0 Å². The number of nitrogens with one attached hydrogen (secondary N) is 1. The number of nitrogens with zero attached hydrogens (tertiary/aromatic N) is 5. The summed E-state index contributed by atoms with van der Waals surface area (Å²) in [7, 11) is 1.50. The first kappa shape index (κ1) is 17.4. The largest absolute Gasteiger partial charge is 0.433 e. The number of carbonyl (C=O) groups is 1. The maximum Gasteiger partial charge on any atom is 0.433 e. The third kappa shape index (κ3) is 3.20. The Bertz CT molecular complexity index is 1040. The average molecular weight is 367 g/mol. The molecular formula is C14H12F3N7O2. The summed E-state index contributed by atoms with van der Waals surface area (Å²) in [6.07, 6.45) is -2.39. The number of aryl methyl sites for hydroxylation is 1. The summed E-state index contributed by atoms with van der Waals surface area (Å²) in [6.45, 7) is -0.335. The molecule has 0 bridgehead atoms. The number of pyridine rings is 1. The van der Waals surface area contributed by atoms with Crippen molar-refractivity contribution in [2.24, 2.45) is 12.8 Å². The summed E-state index contributed by atoms with van der Waals surface area (Å²) >= 11 is 0. The molecule has 0 saturated heterocycles. The van der Waals surface area contributed by atoms with Crippen LogP contribution in [-0.2, 0) is 24.6 Å². The Balaban J connectivity index is 1.98. The Morgan fingerprint density at radius 2 is 2.04 bits per heavy atom. The van der Waals surface area contributed by atoms with Gasteiger partial charge in [0.2, 0.25) is 5.91 Å². The van der Waals surface area contributed by atoms with Gasteiger partial charge in [0, 0.05) is 7.05 Å². The van der Waals surface area contributed by atoms with E-state index in [4.69, 9.17) is 5.73 Å². The van der Waals surface area contributed by atoms with Crippen molar-refractivity contribution in [3.63, 3.8) is 0 Å². The number of rotatable bonds is 4. The summed E-state index contributed by atoms with van der Waals surface area (Å²) in [4.78, 5) is 30.8. The number of alkyl halides is 3. The van der Waals surface area contributed by atoms with Crippen molar-refractivity contribution in [2.45, 2.75) is 12.7 Å². The van der Waals surface area contributed by atoms with Gasteiger partial charge in [-0.1, -0.05) is 0 Å². The molecule has 0 aliphatic carbocycles. The number of nitrogens with two attached hydrogens (primary N) is 1. The molecule has 3 aromatic rings. The van der Waals surface area contributed by atoms with Gasteiger partial charge in [-0.2, -0.15) is 18.3 Å². The monoisotopic (exact) mass is 367 g/mol. The molecule has 26 heavy (non-hydrogen) atoms. The zero-order chi connectivity index (χ0) is 19.1. The van der Waals surface area contributed by atoms with E-state index in [1.54, 1.807) is 0 Å². The molecule has 0 saturated carbocycles. The minimum absolute atomic E-state index is 0.108. The molecule has 136 valence electrons. The number of amides is 1. The first-order chi connectivity index (χ1) is 12.2. The molecule has 3 N–H and O–H groups in total. The second-order valence-electron chi connectivity index (χ2n) is 5.37. The van der Waals surface area contributed by atoms with Crippen LogP contribution in [0.1, 0.15) is 5.69 Å². The summed E-state index contributed by atoms with van der Waals surface area (Å²) in [6, 6.07) is 2.01. The molecule has 0 fully saturated rings. The molecule has 0 atom stereocenters. The first-order valence-corrected chi connectivity index (χ1v) is 7.17. The molecule has 0 radical (unpaired) electrons. The van der Waals surface area contributed by atoms with E-state index in [0.717, 1.165) is 23.2 Å². The van der Waals surface area contributed by atoms with Gasteiger partial charge in [0.25, 0.3) is 5.56 Å². The second kappa shape index (κ2) is 6.13. The SMILES string of the molecule is Cn1nc(Nc2ccc(C(F)(F)F)nc2)c2ncn(CC(N)=O)c(=O)c21. The van der Waals surface area contributed by atoms with E-state index in [2.05, 4.69) is 20.4 Å². The number of primary amides is 1. The number of hydrogen-bond donors (Lipinski definition) is 2. The highest BCUT2D eigenvalue weighted by atomic mass is 19.4. The van der Waals surface area contributed by atoms with Crippen molar-refractivity contribution in [1.29, 1.82) is 0 Å².